The SMILES string of the molecule is CN=C(NCc1nc(C)c(C)s1)Nc1cccc(OCCCOC)c1.I. The molecule has 0 saturated carbocycles. The summed E-state index contributed by atoms with van der Waals surface area (Å²) in [5.41, 5.74) is 2.01. The molecule has 2 N–H and O–H groups in total. The second kappa shape index (κ2) is 12.1. The number of hydrogen-bond donors (Lipinski definition) is 2. The lowest BCUT2D eigenvalue weighted by Gasteiger charge is -2.12. The molecule has 6 nitrogen and oxygen atoms in total. The summed E-state index contributed by atoms with van der Waals surface area (Å²) in [5.74, 6) is 1.52. The zero-order chi connectivity index (χ0) is 18.1. The zero-order valence-corrected chi connectivity index (χ0v) is 18.8. The highest BCUT2D eigenvalue weighted by Gasteiger charge is 2.06. The molecule has 1 heterocycles. The van der Waals surface area contributed by atoms with Crippen LogP contribution in [0.25, 0.3) is 0 Å². The molecular weight excluding hydrogens is 463 g/mol. The number of ether oxygens (including phenoxy) is 2. The van der Waals surface area contributed by atoms with Crippen molar-refractivity contribution in [2.45, 2.75) is 26.8 Å². The maximum Gasteiger partial charge on any atom is 0.195 e. The third-order valence-corrected chi connectivity index (χ3v) is 4.63. The van der Waals surface area contributed by atoms with Crippen molar-refractivity contribution in [2.75, 3.05) is 32.7 Å². The number of aryl methyl sites for hydroxylation is 2. The first-order valence-corrected chi connectivity index (χ1v) is 9.06. The molecule has 26 heavy (non-hydrogen) atoms. The quantitative estimate of drug-likeness (QED) is 0.254. The third-order valence-electron chi connectivity index (χ3n) is 3.56. The van der Waals surface area contributed by atoms with E-state index in [1.165, 1.54) is 4.88 Å². The molecule has 0 unspecified atom stereocenters. The van der Waals surface area contributed by atoms with Gasteiger partial charge in [0.05, 0.1) is 18.8 Å². The Morgan fingerprint density at radius 2 is 2.08 bits per heavy atom. The number of nitrogens with zero attached hydrogens (tertiary/aromatic N) is 2. The fourth-order valence-corrected chi connectivity index (χ4v) is 3.02. The topological polar surface area (TPSA) is 67.8 Å². The van der Waals surface area contributed by atoms with Crippen molar-refractivity contribution in [1.29, 1.82) is 0 Å². The summed E-state index contributed by atoms with van der Waals surface area (Å²) >= 11 is 1.70. The van der Waals surface area contributed by atoms with E-state index in [9.17, 15) is 0 Å². The van der Waals surface area contributed by atoms with Gasteiger partial charge in [-0.2, -0.15) is 0 Å². The number of anilines is 1. The highest BCUT2D eigenvalue weighted by Crippen LogP contribution is 2.18. The lowest BCUT2D eigenvalue weighted by Crippen LogP contribution is -2.30. The molecule has 0 aliphatic carbocycles. The standard InChI is InChI=1S/C18H26N4O2S.HI/c1-13-14(2)25-17(21-13)12-20-18(19-3)22-15-7-5-8-16(11-15)24-10-6-9-23-4;/h5,7-8,11H,6,9-10,12H2,1-4H3,(H2,19,20,22);1H. The molecule has 2 rings (SSSR count). The molecule has 0 bridgehead atoms. The van der Waals surface area contributed by atoms with Gasteiger partial charge in [0.1, 0.15) is 10.8 Å². The Hall–Kier alpha value is -1.39. The number of halogens is 1. The number of aliphatic imine (C=N–C) groups is 1. The Labute approximate surface area is 176 Å². The molecule has 0 aliphatic rings. The van der Waals surface area contributed by atoms with E-state index < -0.39 is 0 Å². The van der Waals surface area contributed by atoms with Crippen molar-refractivity contribution in [3.05, 3.63) is 39.8 Å². The number of methoxy groups -OCH3 is 1. The van der Waals surface area contributed by atoms with Gasteiger partial charge in [0.2, 0.25) is 0 Å². The van der Waals surface area contributed by atoms with E-state index >= 15 is 0 Å². The fourth-order valence-electron chi connectivity index (χ4n) is 2.15. The monoisotopic (exact) mass is 490 g/mol. The molecular formula is C18H27IN4O2S. The van der Waals surface area contributed by atoms with Gasteiger partial charge >= 0.3 is 0 Å². The van der Waals surface area contributed by atoms with Gasteiger partial charge in [0, 0.05) is 43.8 Å². The summed E-state index contributed by atoms with van der Waals surface area (Å²) in [6, 6.07) is 7.83. The summed E-state index contributed by atoms with van der Waals surface area (Å²) in [7, 11) is 3.44. The van der Waals surface area contributed by atoms with E-state index in [0.29, 0.717) is 25.7 Å². The predicted octanol–water partition coefficient (Wildman–Crippen LogP) is 3.98. The number of aromatic nitrogens is 1. The number of thiazole rings is 1. The zero-order valence-electron chi connectivity index (χ0n) is 15.7. The summed E-state index contributed by atoms with van der Waals surface area (Å²) in [6.07, 6.45) is 0.865. The van der Waals surface area contributed by atoms with Crippen molar-refractivity contribution in [2.24, 2.45) is 4.99 Å². The molecule has 0 spiro atoms. The normalized spacial score (nSPS) is 11.0. The smallest absolute Gasteiger partial charge is 0.195 e. The van der Waals surface area contributed by atoms with Gasteiger partial charge in [-0.1, -0.05) is 6.07 Å². The van der Waals surface area contributed by atoms with Crippen LogP contribution in [0.5, 0.6) is 5.75 Å². The second-order valence-corrected chi connectivity index (χ2v) is 6.81. The molecule has 0 amide bonds. The molecule has 8 heteroatoms. The van der Waals surface area contributed by atoms with E-state index in [0.717, 1.165) is 28.6 Å². The first-order valence-electron chi connectivity index (χ1n) is 8.24. The fraction of sp³-hybridized carbons (Fsp3) is 0.444. The highest BCUT2D eigenvalue weighted by molar-refractivity contribution is 14.0. The van der Waals surface area contributed by atoms with E-state index in [2.05, 4.69) is 27.5 Å². The molecule has 0 aliphatic heterocycles. The third kappa shape index (κ3) is 7.46. The lowest BCUT2D eigenvalue weighted by molar-refractivity contribution is 0.172. The van der Waals surface area contributed by atoms with Crippen molar-refractivity contribution in [3.63, 3.8) is 0 Å². The summed E-state index contributed by atoms with van der Waals surface area (Å²) in [4.78, 5) is 10.0. The summed E-state index contributed by atoms with van der Waals surface area (Å²) < 4.78 is 10.7. The van der Waals surface area contributed by atoms with E-state index in [4.69, 9.17) is 9.47 Å². The first kappa shape index (κ1) is 22.7. The van der Waals surface area contributed by atoms with Crippen LogP contribution >= 0.6 is 35.3 Å². The van der Waals surface area contributed by atoms with E-state index in [1.54, 1.807) is 25.5 Å². The first-order chi connectivity index (χ1) is 12.1. The predicted molar refractivity (Wildman–Crippen MR) is 119 cm³/mol. The van der Waals surface area contributed by atoms with E-state index in [-0.39, 0.29) is 24.0 Å². The van der Waals surface area contributed by atoms with Gasteiger partial charge in [-0.15, -0.1) is 35.3 Å². The van der Waals surface area contributed by atoms with Crippen LogP contribution < -0.4 is 15.4 Å². The maximum absolute atomic E-state index is 5.72. The van der Waals surface area contributed by atoms with Crippen LogP contribution in [0.1, 0.15) is 22.0 Å². The van der Waals surface area contributed by atoms with Crippen LogP contribution in [0.4, 0.5) is 5.69 Å². The van der Waals surface area contributed by atoms with Crippen molar-refractivity contribution >= 4 is 47.0 Å². The number of guanidine groups is 1. The average Bonchev–Trinajstić information content (AvgIpc) is 2.94. The van der Waals surface area contributed by atoms with Crippen LogP contribution in [0, 0.1) is 13.8 Å². The minimum absolute atomic E-state index is 0. The number of hydrogen-bond acceptors (Lipinski definition) is 5. The number of rotatable bonds is 8. The van der Waals surface area contributed by atoms with Gasteiger partial charge < -0.3 is 20.1 Å². The minimum atomic E-state index is 0. The molecule has 0 radical (unpaired) electrons. The minimum Gasteiger partial charge on any atom is -0.493 e. The van der Waals surface area contributed by atoms with Crippen LogP contribution in [0.3, 0.4) is 0 Å². The van der Waals surface area contributed by atoms with Crippen LogP contribution in [0.15, 0.2) is 29.3 Å². The Kier molecular flexibility index (Phi) is 10.5. The number of benzene rings is 1. The summed E-state index contributed by atoms with van der Waals surface area (Å²) in [6.45, 7) is 6.09. The van der Waals surface area contributed by atoms with E-state index in [1.807, 2.05) is 31.2 Å². The average molecular weight is 490 g/mol. The van der Waals surface area contributed by atoms with Gasteiger partial charge in [0.25, 0.3) is 0 Å². The Bertz CT molecular complexity index is 687. The molecule has 0 atom stereocenters. The highest BCUT2D eigenvalue weighted by atomic mass is 127. The Morgan fingerprint density at radius 1 is 1.27 bits per heavy atom. The van der Waals surface area contributed by atoms with Gasteiger partial charge in [-0.25, -0.2) is 4.98 Å². The summed E-state index contributed by atoms with van der Waals surface area (Å²) in [5, 5.41) is 7.61. The van der Waals surface area contributed by atoms with Crippen molar-refractivity contribution < 1.29 is 9.47 Å². The van der Waals surface area contributed by atoms with Crippen LogP contribution in [-0.2, 0) is 11.3 Å². The second-order valence-electron chi connectivity index (χ2n) is 5.52. The van der Waals surface area contributed by atoms with Crippen molar-refractivity contribution in [3.8, 4) is 5.75 Å². The molecule has 1 aromatic heterocycles. The van der Waals surface area contributed by atoms with Gasteiger partial charge in [0.15, 0.2) is 5.96 Å². The van der Waals surface area contributed by atoms with Crippen molar-refractivity contribution in [1.82, 2.24) is 10.3 Å². The molecule has 1 aromatic carbocycles. The molecule has 144 valence electrons. The van der Waals surface area contributed by atoms with Gasteiger partial charge in [-0.05, 0) is 26.0 Å². The lowest BCUT2D eigenvalue weighted by atomic mass is 10.3. The largest absolute Gasteiger partial charge is 0.493 e. The maximum atomic E-state index is 5.72. The van der Waals surface area contributed by atoms with Crippen LogP contribution in [-0.4, -0.2) is 38.3 Å². The molecule has 2 aromatic rings. The van der Waals surface area contributed by atoms with Gasteiger partial charge in [-0.3, -0.25) is 4.99 Å². The molecule has 0 fully saturated rings. The Morgan fingerprint density at radius 3 is 2.73 bits per heavy atom. The molecule has 0 saturated heterocycles. The Balaban J connectivity index is 0.00000338. The van der Waals surface area contributed by atoms with Crippen LogP contribution in [0.2, 0.25) is 0 Å². The number of nitrogens with one attached hydrogen (secondary N) is 2.